The summed E-state index contributed by atoms with van der Waals surface area (Å²) in [5.74, 6) is 1.90. The smallest absolute Gasteiger partial charge is 0.256 e. The number of hydrogen-bond donors (Lipinski definition) is 0. The molecule has 4 heteroatoms. The third-order valence-electron chi connectivity index (χ3n) is 9.29. The van der Waals surface area contributed by atoms with Gasteiger partial charge in [-0.25, -0.2) is 0 Å². The Morgan fingerprint density at radius 1 is 0.585 bits per heavy atom. The van der Waals surface area contributed by atoms with E-state index in [1.807, 2.05) is 0 Å². The van der Waals surface area contributed by atoms with Gasteiger partial charge in [0.15, 0.2) is 0 Å². The van der Waals surface area contributed by atoms with Crippen LogP contribution >= 0.6 is 0 Å². The van der Waals surface area contributed by atoms with Crippen LogP contribution < -0.4 is 26.0 Å². The van der Waals surface area contributed by atoms with Crippen molar-refractivity contribution in [2.24, 2.45) is 0 Å². The molecule has 0 fully saturated rings. The van der Waals surface area contributed by atoms with Crippen molar-refractivity contribution in [3.63, 3.8) is 0 Å². The van der Waals surface area contributed by atoms with Crippen LogP contribution in [0.1, 0.15) is 30.5 Å². The van der Waals surface area contributed by atoms with Crippen LogP contribution in [0.2, 0.25) is 0 Å². The number of aromatic nitrogens is 1. The zero-order chi connectivity index (χ0) is 26.9. The minimum atomic E-state index is 0.119. The van der Waals surface area contributed by atoms with Gasteiger partial charge in [0.05, 0.1) is 5.52 Å². The Hall–Kier alpha value is -4.70. The van der Waals surface area contributed by atoms with Crippen molar-refractivity contribution in [3.8, 4) is 17.2 Å². The van der Waals surface area contributed by atoms with Gasteiger partial charge >= 0.3 is 0 Å². The lowest BCUT2D eigenvalue weighted by molar-refractivity contribution is 0.487. The molecular weight excluding hydrogens is 499 g/mol. The van der Waals surface area contributed by atoms with Crippen LogP contribution in [-0.4, -0.2) is 11.3 Å². The Kier molecular flexibility index (Phi) is 5.01. The second kappa shape index (κ2) is 8.91. The monoisotopic (exact) mass is 528 g/mol. The molecular formula is C37H29BN2O. The summed E-state index contributed by atoms with van der Waals surface area (Å²) in [6.45, 7) is 0.119. The van der Waals surface area contributed by atoms with Gasteiger partial charge in [-0.2, -0.15) is 0 Å². The van der Waals surface area contributed by atoms with Crippen LogP contribution in [0.3, 0.4) is 0 Å². The maximum atomic E-state index is 6.50. The molecule has 6 aromatic rings. The maximum absolute atomic E-state index is 6.50. The number of benzene rings is 5. The molecule has 0 bridgehead atoms. The van der Waals surface area contributed by atoms with E-state index in [4.69, 9.17) is 4.74 Å². The first-order chi connectivity index (χ1) is 20.4. The highest BCUT2D eigenvalue weighted by Gasteiger charge is 2.41. The summed E-state index contributed by atoms with van der Waals surface area (Å²) >= 11 is 0. The fraction of sp³-hybridized carbons (Fsp3) is 0.135. The number of rotatable bonds is 2. The second-order valence-corrected chi connectivity index (χ2v) is 11.5. The molecule has 5 aromatic carbocycles. The minimum absolute atomic E-state index is 0.119. The summed E-state index contributed by atoms with van der Waals surface area (Å²) < 4.78 is 9.06. The standard InChI is InChI=1S/C37H29BN2O/c1-3-12-25(13-4-1)39-33-19-11-21-36-37(33)38(30-16-8-10-20-35(30)41-36)29-23-22-26(24-34(29)39)40-31-17-6-2-5-14-27(31)28-15-7-9-18-32(28)40/h1,3-4,7-13,15-16,18-24H,2,5-6,14,17H2. The molecule has 3 heterocycles. The summed E-state index contributed by atoms with van der Waals surface area (Å²) in [6.07, 6.45) is 6.12. The van der Waals surface area contributed by atoms with Gasteiger partial charge in [0, 0.05) is 33.8 Å². The highest BCUT2D eigenvalue weighted by molar-refractivity contribution is 6.99. The van der Waals surface area contributed by atoms with Crippen molar-refractivity contribution in [1.82, 2.24) is 4.57 Å². The van der Waals surface area contributed by atoms with Gasteiger partial charge in [-0.15, -0.1) is 0 Å². The molecule has 2 aliphatic heterocycles. The molecule has 9 rings (SSSR count). The molecule has 0 saturated carbocycles. The van der Waals surface area contributed by atoms with E-state index < -0.39 is 0 Å². The van der Waals surface area contributed by atoms with Gasteiger partial charge in [-0.05, 0) is 96.2 Å². The lowest BCUT2D eigenvalue weighted by Crippen LogP contribution is -2.59. The minimum Gasteiger partial charge on any atom is -0.458 e. The van der Waals surface area contributed by atoms with Crippen LogP contribution in [0.4, 0.5) is 17.1 Å². The van der Waals surface area contributed by atoms with Crippen LogP contribution in [0, 0.1) is 0 Å². The number of fused-ring (bicyclic) bond motifs is 7. The van der Waals surface area contributed by atoms with Gasteiger partial charge in [-0.3, -0.25) is 0 Å². The maximum Gasteiger partial charge on any atom is 0.256 e. The first-order valence-corrected chi connectivity index (χ1v) is 14.9. The van der Waals surface area contributed by atoms with E-state index in [1.165, 1.54) is 75.7 Å². The Morgan fingerprint density at radius 3 is 2.34 bits per heavy atom. The summed E-state index contributed by atoms with van der Waals surface area (Å²) in [5.41, 5.74) is 13.0. The molecule has 0 unspecified atom stereocenters. The summed E-state index contributed by atoms with van der Waals surface area (Å²) in [6, 6.07) is 42.0. The normalized spacial score (nSPS) is 14.9. The predicted molar refractivity (Wildman–Crippen MR) is 170 cm³/mol. The molecule has 3 nitrogen and oxygen atoms in total. The zero-order valence-electron chi connectivity index (χ0n) is 22.9. The zero-order valence-corrected chi connectivity index (χ0v) is 22.9. The second-order valence-electron chi connectivity index (χ2n) is 11.5. The molecule has 0 amide bonds. The van der Waals surface area contributed by atoms with Gasteiger partial charge < -0.3 is 14.2 Å². The van der Waals surface area contributed by atoms with Crippen LogP contribution in [-0.2, 0) is 12.8 Å². The highest BCUT2D eigenvalue weighted by Crippen LogP contribution is 2.42. The van der Waals surface area contributed by atoms with E-state index in [9.17, 15) is 0 Å². The van der Waals surface area contributed by atoms with E-state index in [0.29, 0.717) is 0 Å². The molecule has 196 valence electrons. The highest BCUT2D eigenvalue weighted by atomic mass is 16.5. The third kappa shape index (κ3) is 3.34. The Balaban J connectivity index is 1.34. The average Bonchev–Trinajstić information content (AvgIpc) is 3.15. The number of nitrogens with zero attached hydrogens (tertiary/aromatic N) is 2. The first-order valence-electron chi connectivity index (χ1n) is 14.9. The van der Waals surface area contributed by atoms with Crippen molar-refractivity contribution in [2.75, 3.05) is 4.90 Å². The number of para-hydroxylation sites is 3. The molecule has 41 heavy (non-hydrogen) atoms. The number of hydrogen-bond acceptors (Lipinski definition) is 2. The third-order valence-corrected chi connectivity index (χ3v) is 9.29. The molecule has 0 radical (unpaired) electrons. The SMILES string of the molecule is c1ccc(N2c3cc(-n4c5c(c6ccccc64)CCCCC5)ccc3B3c4ccccc4Oc4cccc2c43)cc1. The van der Waals surface area contributed by atoms with Crippen molar-refractivity contribution >= 4 is 51.1 Å². The molecule has 3 aliphatic rings. The van der Waals surface area contributed by atoms with Crippen molar-refractivity contribution in [1.29, 1.82) is 0 Å². The van der Waals surface area contributed by atoms with E-state index in [0.717, 1.165) is 23.6 Å². The Morgan fingerprint density at radius 2 is 1.39 bits per heavy atom. The summed E-state index contributed by atoms with van der Waals surface area (Å²) in [7, 11) is 0. The quantitative estimate of drug-likeness (QED) is 0.173. The van der Waals surface area contributed by atoms with Gasteiger partial charge in [0.25, 0.3) is 6.71 Å². The lowest BCUT2D eigenvalue weighted by atomic mass is 9.34. The predicted octanol–water partition coefficient (Wildman–Crippen LogP) is 7.30. The largest absolute Gasteiger partial charge is 0.458 e. The van der Waals surface area contributed by atoms with E-state index >= 15 is 0 Å². The van der Waals surface area contributed by atoms with Gasteiger partial charge in [-0.1, -0.05) is 73.2 Å². The van der Waals surface area contributed by atoms with Crippen molar-refractivity contribution in [3.05, 3.63) is 127 Å². The van der Waals surface area contributed by atoms with Crippen LogP contribution in [0.25, 0.3) is 16.6 Å². The van der Waals surface area contributed by atoms with Gasteiger partial charge in [0.1, 0.15) is 11.5 Å². The topological polar surface area (TPSA) is 17.4 Å². The molecule has 0 saturated heterocycles. The Bertz CT molecular complexity index is 1980. The van der Waals surface area contributed by atoms with E-state index in [2.05, 4.69) is 125 Å². The number of aryl methyl sites for hydroxylation is 1. The van der Waals surface area contributed by atoms with E-state index in [-0.39, 0.29) is 6.71 Å². The van der Waals surface area contributed by atoms with Crippen molar-refractivity contribution in [2.45, 2.75) is 32.1 Å². The molecule has 0 N–H and O–H groups in total. The molecule has 1 aromatic heterocycles. The average molecular weight is 528 g/mol. The lowest BCUT2D eigenvalue weighted by Gasteiger charge is -2.40. The van der Waals surface area contributed by atoms with Crippen LogP contribution in [0.15, 0.2) is 115 Å². The number of anilines is 3. The summed E-state index contributed by atoms with van der Waals surface area (Å²) in [5, 5.41) is 1.41. The summed E-state index contributed by atoms with van der Waals surface area (Å²) in [4.78, 5) is 2.44. The fourth-order valence-electron chi connectivity index (χ4n) is 7.58. The first kappa shape index (κ1) is 23.1. The molecule has 1 aliphatic carbocycles. The molecule has 0 atom stereocenters. The molecule has 0 spiro atoms. The van der Waals surface area contributed by atoms with Crippen LogP contribution in [0.5, 0.6) is 11.5 Å². The number of ether oxygens (including phenoxy) is 1. The van der Waals surface area contributed by atoms with Gasteiger partial charge in [0.2, 0.25) is 0 Å². The fourth-order valence-corrected chi connectivity index (χ4v) is 7.58. The Labute approximate surface area is 240 Å². The van der Waals surface area contributed by atoms with E-state index in [1.54, 1.807) is 5.56 Å². The van der Waals surface area contributed by atoms with Crippen molar-refractivity contribution < 1.29 is 4.74 Å².